The SMILES string of the molecule is CCNC(=NCc1cccs1)NCCCN1CC(C)OC(C)C1. The third kappa shape index (κ3) is 6.89. The van der Waals surface area contributed by atoms with Gasteiger partial charge in [0.15, 0.2) is 5.96 Å². The molecule has 2 rings (SSSR count). The second kappa shape index (κ2) is 9.90. The van der Waals surface area contributed by atoms with E-state index in [0.29, 0.717) is 12.2 Å². The second-order valence-electron chi connectivity index (χ2n) is 6.07. The van der Waals surface area contributed by atoms with Gasteiger partial charge in [0.2, 0.25) is 0 Å². The molecule has 1 aliphatic rings. The van der Waals surface area contributed by atoms with Crippen LogP contribution in [-0.2, 0) is 11.3 Å². The van der Waals surface area contributed by atoms with E-state index in [0.717, 1.165) is 51.6 Å². The molecule has 1 fully saturated rings. The zero-order valence-corrected chi connectivity index (χ0v) is 15.4. The van der Waals surface area contributed by atoms with Gasteiger partial charge in [-0.15, -0.1) is 11.3 Å². The van der Waals surface area contributed by atoms with Crippen molar-refractivity contribution in [3.63, 3.8) is 0 Å². The van der Waals surface area contributed by atoms with E-state index in [1.165, 1.54) is 4.88 Å². The number of aliphatic imine (C=N–C) groups is 1. The number of hydrogen-bond acceptors (Lipinski definition) is 4. The monoisotopic (exact) mass is 338 g/mol. The summed E-state index contributed by atoms with van der Waals surface area (Å²) in [7, 11) is 0. The van der Waals surface area contributed by atoms with Crippen LogP contribution in [-0.4, -0.2) is 55.8 Å². The van der Waals surface area contributed by atoms with Crippen molar-refractivity contribution in [3.05, 3.63) is 22.4 Å². The summed E-state index contributed by atoms with van der Waals surface area (Å²) < 4.78 is 5.77. The molecule has 1 aliphatic heterocycles. The minimum atomic E-state index is 0.344. The summed E-state index contributed by atoms with van der Waals surface area (Å²) in [6.07, 6.45) is 1.80. The van der Waals surface area contributed by atoms with E-state index in [2.05, 4.69) is 58.8 Å². The molecule has 2 atom stereocenters. The van der Waals surface area contributed by atoms with E-state index >= 15 is 0 Å². The molecule has 1 aromatic heterocycles. The Morgan fingerprint density at radius 2 is 2.13 bits per heavy atom. The number of thiophene rings is 1. The number of hydrogen-bond donors (Lipinski definition) is 2. The zero-order valence-electron chi connectivity index (χ0n) is 14.5. The fraction of sp³-hybridized carbons (Fsp3) is 0.706. The Morgan fingerprint density at radius 1 is 1.35 bits per heavy atom. The number of rotatable bonds is 7. The van der Waals surface area contributed by atoms with Gasteiger partial charge in [-0.2, -0.15) is 0 Å². The molecule has 2 N–H and O–H groups in total. The molecule has 6 heteroatoms. The molecular formula is C17H30N4OS. The number of ether oxygens (including phenoxy) is 1. The second-order valence-corrected chi connectivity index (χ2v) is 7.10. The maximum atomic E-state index is 5.77. The van der Waals surface area contributed by atoms with Crippen molar-refractivity contribution in [1.29, 1.82) is 0 Å². The van der Waals surface area contributed by atoms with Crippen molar-refractivity contribution >= 4 is 17.3 Å². The average molecular weight is 339 g/mol. The first-order valence-corrected chi connectivity index (χ1v) is 9.47. The molecule has 1 saturated heterocycles. The topological polar surface area (TPSA) is 48.9 Å². The van der Waals surface area contributed by atoms with Crippen LogP contribution in [0.5, 0.6) is 0 Å². The maximum absolute atomic E-state index is 5.77. The molecule has 0 saturated carbocycles. The van der Waals surface area contributed by atoms with Crippen LogP contribution in [0.1, 0.15) is 32.1 Å². The van der Waals surface area contributed by atoms with Gasteiger partial charge in [0.1, 0.15) is 0 Å². The van der Waals surface area contributed by atoms with Gasteiger partial charge in [-0.3, -0.25) is 4.90 Å². The van der Waals surface area contributed by atoms with Crippen LogP contribution in [0, 0.1) is 0 Å². The van der Waals surface area contributed by atoms with E-state index in [-0.39, 0.29) is 0 Å². The first-order valence-electron chi connectivity index (χ1n) is 8.59. The Hall–Kier alpha value is -1.11. The van der Waals surface area contributed by atoms with Gasteiger partial charge in [-0.05, 0) is 38.6 Å². The molecule has 5 nitrogen and oxygen atoms in total. The number of nitrogens with zero attached hydrogens (tertiary/aromatic N) is 2. The lowest BCUT2D eigenvalue weighted by molar-refractivity contribution is -0.0679. The third-order valence-corrected chi connectivity index (χ3v) is 4.62. The van der Waals surface area contributed by atoms with Crippen LogP contribution in [0.15, 0.2) is 22.5 Å². The predicted octanol–water partition coefficient (Wildman–Crippen LogP) is 2.30. The summed E-state index contributed by atoms with van der Waals surface area (Å²) in [5.41, 5.74) is 0. The van der Waals surface area contributed by atoms with Gasteiger partial charge in [0, 0.05) is 37.6 Å². The van der Waals surface area contributed by atoms with Crippen LogP contribution < -0.4 is 10.6 Å². The molecule has 0 radical (unpaired) electrons. The van der Waals surface area contributed by atoms with E-state index in [4.69, 9.17) is 4.74 Å². The summed E-state index contributed by atoms with van der Waals surface area (Å²) in [5, 5.41) is 8.83. The smallest absolute Gasteiger partial charge is 0.191 e. The van der Waals surface area contributed by atoms with Gasteiger partial charge in [0.25, 0.3) is 0 Å². The number of morpholine rings is 1. The first kappa shape index (κ1) is 18.2. The Morgan fingerprint density at radius 3 is 2.78 bits per heavy atom. The fourth-order valence-electron chi connectivity index (χ4n) is 2.88. The fourth-order valence-corrected chi connectivity index (χ4v) is 3.51. The lowest BCUT2D eigenvalue weighted by Gasteiger charge is -2.35. The molecule has 0 aromatic carbocycles. The van der Waals surface area contributed by atoms with E-state index in [1.54, 1.807) is 11.3 Å². The van der Waals surface area contributed by atoms with Crippen molar-refractivity contribution in [2.45, 2.75) is 45.9 Å². The first-order chi connectivity index (χ1) is 11.2. The van der Waals surface area contributed by atoms with Gasteiger partial charge in [0.05, 0.1) is 18.8 Å². The molecule has 0 bridgehead atoms. The van der Waals surface area contributed by atoms with Crippen molar-refractivity contribution < 1.29 is 4.74 Å². The highest BCUT2D eigenvalue weighted by atomic mass is 32.1. The molecule has 2 heterocycles. The molecule has 0 aliphatic carbocycles. The lowest BCUT2D eigenvalue weighted by Crippen LogP contribution is -2.46. The quantitative estimate of drug-likeness (QED) is 0.455. The van der Waals surface area contributed by atoms with Gasteiger partial charge < -0.3 is 15.4 Å². The molecule has 1 aromatic rings. The summed E-state index contributed by atoms with van der Waals surface area (Å²) in [4.78, 5) is 8.42. The average Bonchev–Trinajstić information content (AvgIpc) is 3.01. The Balaban J connectivity index is 1.68. The van der Waals surface area contributed by atoms with Crippen LogP contribution in [0.3, 0.4) is 0 Å². The maximum Gasteiger partial charge on any atom is 0.191 e. The van der Waals surface area contributed by atoms with Gasteiger partial charge >= 0.3 is 0 Å². The summed E-state index contributed by atoms with van der Waals surface area (Å²) >= 11 is 1.75. The normalized spacial score (nSPS) is 23.0. The van der Waals surface area contributed by atoms with Crippen molar-refractivity contribution in [2.24, 2.45) is 4.99 Å². The predicted molar refractivity (Wildman–Crippen MR) is 98.2 cm³/mol. The standard InChI is InChI=1S/C17H30N4OS/c1-4-18-17(20-11-16-7-5-10-23-16)19-8-6-9-21-12-14(2)22-15(3)13-21/h5,7,10,14-15H,4,6,8-9,11-13H2,1-3H3,(H2,18,19,20). The molecule has 23 heavy (non-hydrogen) atoms. The summed E-state index contributed by atoms with van der Waals surface area (Å²) in [5.74, 6) is 0.907. The Labute approximate surface area is 144 Å². The largest absolute Gasteiger partial charge is 0.373 e. The number of nitrogens with one attached hydrogen (secondary N) is 2. The highest BCUT2D eigenvalue weighted by Gasteiger charge is 2.21. The zero-order chi connectivity index (χ0) is 16.5. The summed E-state index contributed by atoms with van der Waals surface area (Å²) in [6.45, 7) is 12.2. The van der Waals surface area contributed by atoms with Crippen LogP contribution in [0.4, 0.5) is 0 Å². The van der Waals surface area contributed by atoms with Gasteiger partial charge in [-0.1, -0.05) is 6.07 Å². The van der Waals surface area contributed by atoms with Crippen LogP contribution in [0.2, 0.25) is 0 Å². The number of guanidine groups is 1. The lowest BCUT2D eigenvalue weighted by atomic mass is 10.2. The Kier molecular flexibility index (Phi) is 7.85. The summed E-state index contributed by atoms with van der Waals surface area (Å²) in [6, 6.07) is 4.19. The molecule has 0 spiro atoms. The minimum Gasteiger partial charge on any atom is -0.373 e. The molecule has 0 amide bonds. The molecular weight excluding hydrogens is 308 g/mol. The third-order valence-electron chi connectivity index (χ3n) is 3.76. The highest BCUT2D eigenvalue weighted by Crippen LogP contribution is 2.11. The molecule has 2 unspecified atom stereocenters. The van der Waals surface area contributed by atoms with Gasteiger partial charge in [-0.25, -0.2) is 4.99 Å². The van der Waals surface area contributed by atoms with E-state index < -0.39 is 0 Å². The molecule has 130 valence electrons. The minimum absolute atomic E-state index is 0.344. The van der Waals surface area contributed by atoms with E-state index in [9.17, 15) is 0 Å². The highest BCUT2D eigenvalue weighted by molar-refractivity contribution is 7.09. The Bertz CT molecular complexity index is 453. The van der Waals surface area contributed by atoms with Crippen molar-refractivity contribution in [3.8, 4) is 0 Å². The van der Waals surface area contributed by atoms with E-state index in [1.807, 2.05) is 0 Å². The van der Waals surface area contributed by atoms with Crippen LogP contribution in [0.25, 0.3) is 0 Å². The van der Waals surface area contributed by atoms with Crippen LogP contribution >= 0.6 is 11.3 Å². The van der Waals surface area contributed by atoms with Crippen molar-refractivity contribution in [2.75, 3.05) is 32.7 Å². The van der Waals surface area contributed by atoms with Crippen molar-refractivity contribution in [1.82, 2.24) is 15.5 Å².